The standard InChI is InChI=1S/C11H21N/c1-9-5-3-2-4-6-11(9)12-10-7-8-10/h9-12H,2-8H2,1H3. The highest BCUT2D eigenvalue weighted by molar-refractivity contribution is 4.87. The number of rotatable bonds is 2. The van der Waals surface area contributed by atoms with E-state index in [0.717, 1.165) is 18.0 Å². The van der Waals surface area contributed by atoms with E-state index in [1.807, 2.05) is 0 Å². The molecule has 2 atom stereocenters. The third kappa shape index (κ3) is 2.22. The first-order chi connectivity index (χ1) is 5.86. The molecule has 2 unspecified atom stereocenters. The van der Waals surface area contributed by atoms with Crippen molar-refractivity contribution in [3.63, 3.8) is 0 Å². The fraction of sp³-hybridized carbons (Fsp3) is 1.00. The summed E-state index contributed by atoms with van der Waals surface area (Å²) < 4.78 is 0. The Hall–Kier alpha value is -0.0400. The van der Waals surface area contributed by atoms with Crippen molar-refractivity contribution in [3.05, 3.63) is 0 Å². The smallest absolute Gasteiger partial charge is 0.00952 e. The van der Waals surface area contributed by atoms with Crippen molar-refractivity contribution >= 4 is 0 Å². The zero-order chi connectivity index (χ0) is 8.39. The van der Waals surface area contributed by atoms with Crippen LogP contribution in [0.3, 0.4) is 0 Å². The topological polar surface area (TPSA) is 12.0 Å². The minimum Gasteiger partial charge on any atom is -0.311 e. The van der Waals surface area contributed by atoms with E-state index in [2.05, 4.69) is 12.2 Å². The first-order valence-electron chi connectivity index (χ1n) is 5.62. The van der Waals surface area contributed by atoms with E-state index in [1.165, 1.54) is 44.9 Å². The number of hydrogen-bond donors (Lipinski definition) is 1. The first-order valence-corrected chi connectivity index (χ1v) is 5.62. The monoisotopic (exact) mass is 167 g/mol. The molecule has 0 spiro atoms. The van der Waals surface area contributed by atoms with Crippen molar-refractivity contribution in [1.29, 1.82) is 0 Å². The van der Waals surface area contributed by atoms with Crippen LogP contribution in [0.4, 0.5) is 0 Å². The van der Waals surface area contributed by atoms with Gasteiger partial charge in [-0.2, -0.15) is 0 Å². The molecule has 2 aliphatic carbocycles. The Labute approximate surface area is 75.9 Å². The minimum absolute atomic E-state index is 0.847. The SMILES string of the molecule is CC1CCCCCC1NC1CC1. The van der Waals surface area contributed by atoms with Gasteiger partial charge in [-0.05, 0) is 31.6 Å². The van der Waals surface area contributed by atoms with Gasteiger partial charge in [0.2, 0.25) is 0 Å². The van der Waals surface area contributed by atoms with Crippen molar-refractivity contribution in [3.8, 4) is 0 Å². The lowest BCUT2D eigenvalue weighted by Gasteiger charge is -2.22. The minimum atomic E-state index is 0.847. The van der Waals surface area contributed by atoms with E-state index in [1.54, 1.807) is 0 Å². The Balaban J connectivity index is 1.81. The third-order valence-electron chi connectivity index (χ3n) is 3.39. The summed E-state index contributed by atoms with van der Waals surface area (Å²) >= 11 is 0. The van der Waals surface area contributed by atoms with Crippen LogP contribution in [0.15, 0.2) is 0 Å². The van der Waals surface area contributed by atoms with Gasteiger partial charge in [-0.15, -0.1) is 0 Å². The van der Waals surface area contributed by atoms with E-state index in [-0.39, 0.29) is 0 Å². The zero-order valence-electron chi connectivity index (χ0n) is 8.18. The second-order valence-electron chi connectivity index (χ2n) is 4.66. The van der Waals surface area contributed by atoms with E-state index >= 15 is 0 Å². The lowest BCUT2D eigenvalue weighted by atomic mass is 9.97. The summed E-state index contributed by atoms with van der Waals surface area (Å²) in [5.74, 6) is 0.924. The maximum absolute atomic E-state index is 3.78. The molecule has 1 N–H and O–H groups in total. The normalized spacial score (nSPS) is 37.8. The molecule has 0 aromatic heterocycles. The number of hydrogen-bond acceptors (Lipinski definition) is 1. The summed E-state index contributed by atoms with van der Waals surface area (Å²) in [6.07, 6.45) is 10.1. The molecule has 0 amide bonds. The van der Waals surface area contributed by atoms with Crippen molar-refractivity contribution in [1.82, 2.24) is 5.32 Å². The van der Waals surface area contributed by atoms with E-state index in [0.29, 0.717) is 0 Å². The highest BCUT2D eigenvalue weighted by atomic mass is 15.0. The largest absolute Gasteiger partial charge is 0.311 e. The van der Waals surface area contributed by atoms with E-state index in [9.17, 15) is 0 Å². The molecule has 2 fully saturated rings. The van der Waals surface area contributed by atoms with E-state index in [4.69, 9.17) is 0 Å². The molecule has 12 heavy (non-hydrogen) atoms. The Morgan fingerprint density at radius 2 is 1.67 bits per heavy atom. The van der Waals surface area contributed by atoms with Gasteiger partial charge in [0.25, 0.3) is 0 Å². The van der Waals surface area contributed by atoms with Crippen molar-refractivity contribution < 1.29 is 0 Å². The molecule has 1 heteroatoms. The molecule has 70 valence electrons. The quantitative estimate of drug-likeness (QED) is 0.623. The van der Waals surface area contributed by atoms with Crippen LogP contribution in [0.1, 0.15) is 51.9 Å². The van der Waals surface area contributed by atoms with Gasteiger partial charge in [-0.1, -0.05) is 26.2 Å². The van der Waals surface area contributed by atoms with Crippen LogP contribution in [0.5, 0.6) is 0 Å². The first kappa shape index (κ1) is 8.55. The molecule has 2 rings (SSSR count). The average molecular weight is 167 g/mol. The lowest BCUT2D eigenvalue weighted by Crippen LogP contribution is -2.35. The van der Waals surface area contributed by atoms with Gasteiger partial charge in [0, 0.05) is 12.1 Å². The van der Waals surface area contributed by atoms with Crippen molar-refractivity contribution in [2.45, 2.75) is 64.0 Å². The van der Waals surface area contributed by atoms with Gasteiger partial charge in [0.1, 0.15) is 0 Å². The predicted molar refractivity (Wildman–Crippen MR) is 52.2 cm³/mol. The summed E-state index contributed by atoms with van der Waals surface area (Å²) in [5.41, 5.74) is 0. The molecular weight excluding hydrogens is 146 g/mol. The Morgan fingerprint density at radius 3 is 2.42 bits per heavy atom. The van der Waals surface area contributed by atoms with Crippen LogP contribution in [-0.4, -0.2) is 12.1 Å². The molecule has 2 aliphatic rings. The average Bonchev–Trinajstić information content (AvgIpc) is 2.84. The lowest BCUT2D eigenvalue weighted by molar-refractivity contribution is 0.355. The highest BCUT2D eigenvalue weighted by Crippen LogP contribution is 2.27. The maximum Gasteiger partial charge on any atom is 0.00952 e. The second-order valence-corrected chi connectivity index (χ2v) is 4.66. The Morgan fingerprint density at radius 1 is 0.917 bits per heavy atom. The highest BCUT2D eigenvalue weighted by Gasteiger charge is 2.27. The summed E-state index contributed by atoms with van der Waals surface area (Å²) in [4.78, 5) is 0. The summed E-state index contributed by atoms with van der Waals surface area (Å²) in [7, 11) is 0. The molecule has 0 aromatic rings. The summed E-state index contributed by atoms with van der Waals surface area (Å²) in [5, 5.41) is 3.78. The molecule has 0 radical (unpaired) electrons. The van der Waals surface area contributed by atoms with Crippen LogP contribution >= 0.6 is 0 Å². The molecule has 0 saturated heterocycles. The fourth-order valence-electron chi connectivity index (χ4n) is 2.29. The molecule has 0 aromatic carbocycles. The molecule has 0 bridgehead atoms. The van der Waals surface area contributed by atoms with Gasteiger partial charge in [-0.3, -0.25) is 0 Å². The van der Waals surface area contributed by atoms with Gasteiger partial charge in [0.05, 0.1) is 0 Å². The van der Waals surface area contributed by atoms with Crippen molar-refractivity contribution in [2.24, 2.45) is 5.92 Å². The number of nitrogens with one attached hydrogen (secondary N) is 1. The molecular formula is C11H21N. The van der Waals surface area contributed by atoms with Crippen molar-refractivity contribution in [2.75, 3.05) is 0 Å². The summed E-state index contributed by atoms with van der Waals surface area (Å²) in [6, 6.07) is 1.75. The summed E-state index contributed by atoms with van der Waals surface area (Å²) in [6.45, 7) is 2.42. The fourth-order valence-corrected chi connectivity index (χ4v) is 2.29. The molecule has 0 aliphatic heterocycles. The Bertz CT molecular complexity index is 140. The van der Waals surface area contributed by atoms with Crippen LogP contribution < -0.4 is 5.32 Å². The van der Waals surface area contributed by atoms with Gasteiger partial charge in [-0.25, -0.2) is 0 Å². The molecule has 2 saturated carbocycles. The maximum atomic E-state index is 3.78. The van der Waals surface area contributed by atoms with Gasteiger partial charge >= 0.3 is 0 Å². The van der Waals surface area contributed by atoms with Crippen LogP contribution in [0.25, 0.3) is 0 Å². The Kier molecular flexibility index (Phi) is 2.69. The second kappa shape index (κ2) is 3.78. The van der Waals surface area contributed by atoms with Crippen LogP contribution in [0.2, 0.25) is 0 Å². The van der Waals surface area contributed by atoms with Gasteiger partial charge < -0.3 is 5.32 Å². The van der Waals surface area contributed by atoms with E-state index < -0.39 is 0 Å². The van der Waals surface area contributed by atoms with Crippen LogP contribution in [0, 0.1) is 5.92 Å². The zero-order valence-corrected chi connectivity index (χ0v) is 8.18. The third-order valence-corrected chi connectivity index (χ3v) is 3.39. The molecule has 1 nitrogen and oxygen atoms in total. The molecule has 0 heterocycles. The van der Waals surface area contributed by atoms with Crippen LogP contribution in [-0.2, 0) is 0 Å². The predicted octanol–water partition coefficient (Wildman–Crippen LogP) is 2.71. The van der Waals surface area contributed by atoms with Gasteiger partial charge in [0.15, 0.2) is 0 Å².